The minimum absolute atomic E-state index is 0.0224. The summed E-state index contributed by atoms with van der Waals surface area (Å²) in [5.74, 6) is -0.479. The van der Waals surface area contributed by atoms with Crippen molar-refractivity contribution in [3.8, 4) is 5.75 Å². The summed E-state index contributed by atoms with van der Waals surface area (Å²) < 4.78 is 1.47. The number of aromatic hydroxyl groups is 1. The van der Waals surface area contributed by atoms with Crippen LogP contribution < -0.4 is 5.56 Å². The van der Waals surface area contributed by atoms with Crippen LogP contribution in [0.5, 0.6) is 5.75 Å². The van der Waals surface area contributed by atoms with Crippen molar-refractivity contribution in [2.45, 2.75) is 25.4 Å². The first-order valence-electron chi connectivity index (χ1n) is 6.56. The Hall–Kier alpha value is -1.89. The number of fused-ring (bicyclic) bond motifs is 1. The second-order valence-corrected chi connectivity index (χ2v) is 5.45. The minimum atomic E-state index is -0.563. The second-order valence-electron chi connectivity index (χ2n) is 5.45. The molecule has 0 fully saturated rings. The topological polar surface area (TPSA) is 78.7 Å². The largest absolute Gasteiger partial charge is 0.501 e. The van der Waals surface area contributed by atoms with Crippen LogP contribution in [0.2, 0.25) is 0 Å². The van der Waals surface area contributed by atoms with Crippen LogP contribution in [0.15, 0.2) is 4.79 Å². The molecule has 0 bridgehead atoms. The number of aromatic nitrogens is 2. The van der Waals surface area contributed by atoms with Gasteiger partial charge in [0.25, 0.3) is 11.5 Å². The SMILES string of the molecule is CN(C)C(=O)c1nc2n(c(=O)c1O)CCCC2N(C)C. The molecule has 110 valence electrons. The molecular formula is C13H20N4O3. The highest BCUT2D eigenvalue weighted by molar-refractivity contribution is 5.94. The van der Waals surface area contributed by atoms with E-state index < -0.39 is 17.2 Å². The Balaban J connectivity index is 2.64. The van der Waals surface area contributed by atoms with Gasteiger partial charge in [-0.1, -0.05) is 0 Å². The number of nitrogens with zero attached hydrogens (tertiary/aromatic N) is 4. The fraction of sp³-hybridized carbons (Fsp3) is 0.615. The number of hydrogen-bond donors (Lipinski definition) is 1. The molecule has 1 N–H and O–H groups in total. The van der Waals surface area contributed by atoms with Crippen LogP contribution in [-0.2, 0) is 6.54 Å². The molecule has 1 aliphatic rings. The molecule has 0 radical (unpaired) electrons. The summed E-state index contributed by atoms with van der Waals surface area (Å²) in [6.07, 6.45) is 1.72. The first-order chi connectivity index (χ1) is 9.34. The maximum Gasteiger partial charge on any atom is 0.296 e. The number of carbonyl (C=O) groups excluding carboxylic acids is 1. The van der Waals surface area contributed by atoms with E-state index in [1.54, 1.807) is 14.1 Å². The van der Waals surface area contributed by atoms with Gasteiger partial charge in [-0.3, -0.25) is 19.1 Å². The zero-order chi connectivity index (χ0) is 15.0. The quantitative estimate of drug-likeness (QED) is 0.828. The van der Waals surface area contributed by atoms with E-state index in [4.69, 9.17) is 0 Å². The molecule has 7 heteroatoms. The monoisotopic (exact) mass is 280 g/mol. The molecule has 7 nitrogen and oxygen atoms in total. The lowest BCUT2D eigenvalue weighted by Crippen LogP contribution is -2.37. The molecular weight excluding hydrogens is 260 g/mol. The van der Waals surface area contributed by atoms with Crippen LogP contribution in [0, 0.1) is 0 Å². The van der Waals surface area contributed by atoms with Gasteiger partial charge in [0.1, 0.15) is 5.82 Å². The van der Waals surface area contributed by atoms with Gasteiger partial charge in [-0.05, 0) is 26.9 Å². The minimum Gasteiger partial charge on any atom is -0.501 e. The fourth-order valence-corrected chi connectivity index (χ4v) is 2.45. The standard InChI is InChI=1S/C13H20N4O3/c1-15(2)8-6-5-7-17-11(8)14-9(10(18)13(17)20)12(19)16(3)4/h8,18H,5-7H2,1-4H3. The first-order valence-corrected chi connectivity index (χ1v) is 6.56. The molecule has 0 aliphatic carbocycles. The van der Waals surface area contributed by atoms with Crippen molar-refractivity contribution in [2.75, 3.05) is 28.2 Å². The van der Waals surface area contributed by atoms with Gasteiger partial charge in [-0.2, -0.15) is 0 Å². The number of hydrogen-bond acceptors (Lipinski definition) is 5. The van der Waals surface area contributed by atoms with E-state index in [9.17, 15) is 14.7 Å². The van der Waals surface area contributed by atoms with E-state index in [0.29, 0.717) is 12.4 Å². The Bertz CT molecular complexity index is 592. The van der Waals surface area contributed by atoms with Crippen molar-refractivity contribution in [1.29, 1.82) is 0 Å². The number of rotatable bonds is 2. The summed E-state index contributed by atoms with van der Waals surface area (Å²) >= 11 is 0. The number of amides is 1. The predicted octanol–water partition coefficient (Wildman–Crippen LogP) is 0.0472. The van der Waals surface area contributed by atoms with Crippen LogP contribution >= 0.6 is 0 Å². The van der Waals surface area contributed by atoms with E-state index in [-0.39, 0.29) is 11.7 Å². The normalized spacial score (nSPS) is 17.9. The lowest BCUT2D eigenvalue weighted by Gasteiger charge is -2.30. The Morgan fingerprint density at radius 2 is 2.00 bits per heavy atom. The summed E-state index contributed by atoms with van der Waals surface area (Å²) in [7, 11) is 6.94. The molecule has 0 saturated heterocycles. The molecule has 1 amide bonds. The zero-order valence-corrected chi connectivity index (χ0v) is 12.3. The molecule has 0 saturated carbocycles. The summed E-state index contributed by atoms with van der Waals surface area (Å²) in [5.41, 5.74) is -0.702. The Morgan fingerprint density at radius 3 is 2.55 bits per heavy atom. The highest BCUT2D eigenvalue weighted by Gasteiger charge is 2.29. The summed E-state index contributed by atoms with van der Waals surface area (Å²) in [6.45, 7) is 0.523. The predicted molar refractivity (Wildman–Crippen MR) is 73.8 cm³/mol. The van der Waals surface area contributed by atoms with Gasteiger partial charge in [0.05, 0.1) is 6.04 Å². The van der Waals surface area contributed by atoms with Crippen LogP contribution in [0.25, 0.3) is 0 Å². The zero-order valence-electron chi connectivity index (χ0n) is 12.3. The highest BCUT2D eigenvalue weighted by Crippen LogP contribution is 2.27. The van der Waals surface area contributed by atoms with E-state index in [0.717, 1.165) is 12.8 Å². The third-order valence-electron chi connectivity index (χ3n) is 3.56. The van der Waals surface area contributed by atoms with E-state index >= 15 is 0 Å². The van der Waals surface area contributed by atoms with Crippen molar-refractivity contribution in [1.82, 2.24) is 19.4 Å². The molecule has 20 heavy (non-hydrogen) atoms. The van der Waals surface area contributed by atoms with Crippen molar-refractivity contribution < 1.29 is 9.90 Å². The number of carbonyl (C=O) groups is 1. The molecule has 1 aliphatic heterocycles. The average molecular weight is 280 g/mol. The molecule has 1 atom stereocenters. The van der Waals surface area contributed by atoms with E-state index in [1.165, 1.54) is 9.47 Å². The van der Waals surface area contributed by atoms with Crippen LogP contribution in [0.3, 0.4) is 0 Å². The molecule has 1 aromatic heterocycles. The van der Waals surface area contributed by atoms with Gasteiger partial charge in [0, 0.05) is 20.6 Å². The average Bonchev–Trinajstić information content (AvgIpc) is 2.41. The van der Waals surface area contributed by atoms with Gasteiger partial charge in [0.15, 0.2) is 5.69 Å². The Kier molecular flexibility index (Phi) is 3.80. The van der Waals surface area contributed by atoms with Crippen molar-refractivity contribution in [3.05, 3.63) is 21.9 Å². The fourth-order valence-electron chi connectivity index (χ4n) is 2.45. The summed E-state index contributed by atoms with van der Waals surface area (Å²) in [4.78, 5) is 31.8. The lowest BCUT2D eigenvalue weighted by atomic mass is 10.1. The first kappa shape index (κ1) is 14.5. The third kappa shape index (κ3) is 2.29. The molecule has 1 unspecified atom stereocenters. The van der Waals surface area contributed by atoms with Crippen molar-refractivity contribution >= 4 is 5.91 Å². The Morgan fingerprint density at radius 1 is 1.35 bits per heavy atom. The molecule has 0 spiro atoms. The van der Waals surface area contributed by atoms with Gasteiger partial charge in [0.2, 0.25) is 5.75 Å². The maximum atomic E-state index is 12.2. The van der Waals surface area contributed by atoms with Crippen molar-refractivity contribution in [3.63, 3.8) is 0 Å². The highest BCUT2D eigenvalue weighted by atomic mass is 16.3. The van der Waals surface area contributed by atoms with Gasteiger partial charge < -0.3 is 10.0 Å². The van der Waals surface area contributed by atoms with Gasteiger partial charge in [-0.15, -0.1) is 0 Å². The summed E-state index contributed by atoms with van der Waals surface area (Å²) in [5, 5.41) is 9.94. The van der Waals surface area contributed by atoms with Crippen LogP contribution in [0.1, 0.15) is 35.2 Å². The van der Waals surface area contributed by atoms with Crippen LogP contribution in [-0.4, -0.2) is 58.6 Å². The molecule has 2 heterocycles. The Labute approximate surface area is 117 Å². The summed E-state index contributed by atoms with van der Waals surface area (Å²) in [6, 6.07) is -0.0224. The smallest absolute Gasteiger partial charge is 0.296 e. The van der Waals surface area contributed by atoms with Crippen LogP contribution in [0.4, 0.5) is 0 Å². The second kappa shape index (κ2) is 5.24. The van der Waals surface area contributed by atoms with Gasteiger partial charge >= 0.3 is 0 Å². The van der Waals surface area contributed by atoms with E-state index in [2.05, 4.69) is 4.98 Å². The lowest BCUT2D eigenvalue weighted by molar-refractivity contribution is 0.0815. The van der Waals surface area contributed by atoms with Gasteiger partial charge in [-0.25, -0.2) is 4.98 Å². The molecule has 2 rings (SSSR count). The van der Waals surface area contributed by atoms with E-state index in [1.807, 2.05) is 19.0 Å². The molecule has 1 aromatic rings. The third-order valence-corrected chi connectivity index (χ3v) is 3.56. The maximum absolute atomic E-state index is 12.2. The van der Waals surface area contributed by atoms with Crippen molar-refractivity contribution in [2.24, 2.45) is 0 Å². The molecule has 0 aromatic carbocycles.